The van der Waals surface area contributed by atoms with E-state index in [0.717, 1.165) is 0 Å². The van der Waals surface area contributed by atoms with E-state index in [1.807, 2.05) is 0 Å². The lowest BCUT2D eigenvalue weighted by Gasteiger charge is -2.03. The molecule has 0 spiro atoms. The Morgan fingerprint density at radius 1 is 1.60 bits per heavy atom. The highest BCUT2D eigenvalue weighted by atomic mass is 35.5. The molecular weight excluding hydrogens is 218 g/mol. The van der Waals surface area contributed by atoms with Crippen molar-refractivity contribution in [3.05, 3.63) is 34.2 Å². The molecule has 1 aromatic heterocycles. The van der Waals surface area contributed by atoms with Gasteiger partial charge in [0.25, 0.3) is 11.5 Å². The predicted molar refractivity (Wildman–Crippen MR) is 60.3 cm³/mol. The van der Waals surface area contributed by atoms with Crippen LogP contribution in [-0.2, 0) is 7.05 Å². The highest BCUT2D eigenvalue weighted by molar-refractivity contribution is 5.93. The Morgan fingerprint density at radius 3 is 2.87 bits per heavy atom. The fourth-order valence-corrected chi connectivity index (χ4v) is 1.05. The second-order valence-corrected chi connectivity index (χ2v) is 2.88. The highest BCUT2D eigenvalue weighted by Gasteiger charge is 2.09. The summed E-state index contributed by atoms with van der Waals surface area (Å²) in [6, 6.07) is 3.15. The van der Waals surface area contributed by atoms with Crippen LogP contribution in [-0.4, -0.2) is 23.6 Å². The van der Waals surface area contributed by atoms with Crippen molar-refractivity contribution in [1.82, 2.24) is 9.88 Å². The van der Waals surface area contributed by atoms with Crippen LogP contribution in [0, 0.1) is 0 Å². The minimum atomic E-state index is -0.378. The third-order valence-corrected chi connectivity index (χ3v) is 1.80. The number of nitrogens with zero attached hydrogens (tertiary/aromatic N) is 1. The monoisotopic (exact) mass is 231 g/mol. The summed E-state index contributed by atoms with van der Waals surface area (Å²) in [5.41, 5.74) is 5.06. The van der Waals surface area contributed by atoms with Gasteiger partial charge in [-0.2, -0.15) is 0 Å². The Labute approximate surface area is 93.7 Å². The zero-order chi connectivity index (χ0) is 10.6. The van der Waals surface area contributed by atoms with Gasteiger partial charge in [-0.3, -0.25) is 9.59 Å². The standard InChI is InChI=1S/C9H13N3O2.ClH/c1-12-6-2-3-7(9(12)14)8(13)11-5-4-10;/h2-3,6H,4-5,10H2,1H3,(H,11,13);1H. The summed E-state index contributed by atoms with van der Waals surface area (Å²) in [6.45, 7) is 0.732. The van der Waals surface area contributed by atoms with Gasteiger partial charge in [-0.25, -0.2) is 0 Å². The number of hydrogen-bond donors (Lipinski definition) is 2. The number of aryl methyl sites for hydroxylation is 1. The molecule has 5 nitrogen and oxygen atoms in total. The van der Waals surface area contributed by atoms with Crippen LogP contribution in [0.4, 0.5) is 0 Å². The van der Waals surface area contributed by atoms with Gasteiger partial charge in [0.1, 0.15) is 5.56 Å². The van der Waals surface area contributed by atoms with E-state index in [1.165, 1.54) is 10.6 Å². The van der Waals surface area contributed by atoms with Gasteiger partial charge in [0.15, 0.2) is 0 Å². The first-order chi connectivity index (χ1) is 6.66. The van der Waals surface area contributed by atoms with Crippen molar-refractivity contribution in [2.45, 2.75) is 0 Å². The topological polar surface area (TPSA) is 77.1 Å². The number of halogens is 1. The van der Waals surface area contributed by atoms with E-state index < -0.39 is 0 Å². The molecule has 1 heterocycles. The molecule has 1 rings (SSSR count). The highest BCUT2D eigenvalue weighted by Crippen LogP contribution is 1.90. The van der Waals surface area contributed by atoms with Gasteiger partial charge in [-0.1, -0.05) is 0 Å². The first-order valence-corrected chi connectivity index (χ1v) is 4.30. The SMILES string of the molecule is Cl.Cn1cccc(C(=O)NCCN)c1=O. The third-order valence-electron chi connectivity index (χ3n) is 1.80. The van der Waals surface area contributed by atoms with Crippen molar-refractivity contribution in [1.29, 1.82) is 0 Å². The molecule has 1 aromatic rings. The largest absolute Gasteiger partial charge is 0.351 e. The Morgan fingerprint density at radius 2 is 2.27 bits per heavy atom. The van der Waals surface area contributed by atoms with Crippen LogP contribution in [0.15, 0.2) is 23.1 Å². The minimum Gasteiger partial charge on any atom is -0.351 e. The van der Waals surface area contributed by atoms with Gasteiger partial charge in [-0.05, 0) is 12.1 Å². The number of rotatable bonds is 3. The number of nitrogens with two attached hydrogens (primary N) is 1. The molecule has 6 heteroatoms. The van der Waals surface area contributed by atoms with Crippen LogP contribution in [0.1, 0.15) is 10.4 Å². The fraction of sp³-hybridized carbons (Fsp3) is 0.333. The molecule has 0 aliphatic rings. The lowest BCUT2D eigenvalue weighted by molar-refractivity contribution is 0.0952. The van der Waals surface area contributed by atoms with Gasteiger partial charge in [0, 0.05) is 26.3 Å². The van der Waals surface area contributed by atoms with Crippen molar-refractivity contribution in [3.8, 4) is 0 Å². The summed E-state index contributed by atoms with van der Waals surface area (Å²) < 4.78 is 1.36. The van der Waals surface area contributed by atoms with Gasteiger partial charge >= 0.3 is 0 Å². The predicted octanol–water partition coefficient (Wildman–Crippen LogP) is -0.504. The summed E-state index contributed by atoms with van der Waals surface area (Å²) in [4.78, 5) is 22.8. The number of carbonyl (C=O) groups excluding carboxylic acids is 1. The molecular formula is C9H14ClN3O2. The number of pyridine rings is 1. The van der Waals surface area contributed by atoms with Crippen LogP contribution >= 0.6 is 12.4 Å². The lowest BCUT2D eigenvalue weighted by Crippen LogP contribution is -2.34. The number of aromatic nitrogens is 1. The quantitative estimate of drug-likeness (QED) is 0.736. The molecule has 1 amide bonds. The Bertz CT molecular complexity index is 389. The molecule has 0 aliphatic carbocycles. The summed E-state index contributed by atoms with van der Waals surface area (Å²) >= 11 is 0. The maximum Gasteiger partial charge on any atom is 0.263 e. The van der Waals surface area contributed by atoms with Gasteiger partial charge < -0.3 is 15.6 Å². The summed E-state index contributed by atoms with van der Waals surface area (Å²) in [6.07, 6.45) is 1.60. The zero-order valence-corrected chi connectivity index (χ0v) is 9.21. The molecule has 0 fully saturated rings. The molecule has 0 saturated carbocycles. The maximum atomic E-state index is 11.4. The van der Waals surface area contributed by atoms with Gasteiger partial charge in [0.05, 0.1) is 0 Å². The van der Waals surface area contributed by atoms with E-state index in [2.05, 4.69) is 5.32 Å². The first-order valence-electron chi connectivity index (χ1n) is 4.30. The molecule has 0 aromatic carbocycles. The van der Waals surface area contributed by atoms with Crippen LogP contribution in [0.25, 0.3) is 0 Å². The average Bonchev–Trinajstić information content (AvgIpc) is 2.18. The second kappa shape index (κ2) is 6.21. The van der Waals surface area contributed by atoms with Gasteiger partial charge in [0.2, 0.25) is 0 Å². The number of hydrogen-bond acceptors (Lipinski definition) is 3. The smallest absolute Gasteiger partial charge is 0.263 e. The first kappa shape index (κ1) is 13.7. The molecule has 0 saturated heterocycles. The third kappa shape index (κ3) is 3.38. The Hall–Kier alpha value is -1.33. The maximum absolute atomic E-state index is 11.4. The van der Waals surface area contributed by atoms with E-state index in [9.17, 15) is 9.59 Å². The molecule has 84 valence electrons. The molecule has 0 radical (unpaired) electrons. The van der Waals surface area contributed by atoms with Crippen molar-refractivity contribution in [2.24, 2.45) is 12.8 Å². The van der Waals surface area contributed by atoms with Crippen molar-refractivity contribution < 1.29 is 4.79 Å². The molecule has 0 unspecified atom stereocenters. The fourth-order valence-electron chi connectivity index (χ4n) is 1.05. The van der Waals surface area contributed by atoms with Crippen molar-refractivity contribution in [3.63, 3.8) is 0 Å². The summed E-state index contributed by atoms with van der Waals surface area (Å²) in [7, 11) is 1.60. The average molecular weight is 232 g/mol. The number of carbonyl (C=O) groups is 1. The Kier molecular flexibility index (Phi) is 5.66. The molecule has 3 N–H and O–H groups in total. The van der Waals surface area contributed by atoms with Crippen molar-refractivity contribution in [2.75, 3.05) is 13.1 Å². The van der Waals surface area contributed by atoms with Crippen LogP contribution in [0.5, 0.6) is 0 Å². The molecule has 0 atom stereocenters. The van der Waals surface area contributed by atoms with Crippen LogP contribution in [0.3, 0.4) is 0 Å². The van der Waals surface area contributed by atoms with E-state index in [4.69, 9.17) is 5.73 Å². The van der Waals surface area contributed by atoms with Crippen LogP contribution in [0.2, 0.25) is 0 Å². The second-order valence-electron chi connectivity index (χ2n) is 2.88. The van der Waals surface area contributed by atoms with E-state index >= 15 is 0 Å². The van der Waals surface area contributed by atoms with Crippen LogP contribution < -0.4 is 16.6 Å². The Balaban J connectivity index is 0.00000196. The minimum absolute atomic E-state index is 0. The van der Waals surface area contributed by atoms with Crippen molar-refractivity contribution >= 4 is 18.3 Å². The van der Waals surface area contributed by atoms with E-state index in [-0.39, 0.29) is 29.4 Å². The summed E-state index contributed by atoms with van der Waals surface area (Å²) in [5.74, 6) is -0.378. The summed E-state index contributed by atoms with van der Waals surface area (Å²) in [5, 5.41) is 2.54. The van der Waals surface area contributed by atoms with E-state index in [1.54, 1.807) is 19.3 Å². The molecule has 15 heavy (non-hydrogen) atoms. The lowest BCUT2D eigenvalue weighted by atomic mass is 10.2. The number of nitrogens with one attached hydrogen (secondary N) is 1. The molecule has 0 bridgehead atoms. The van der Waals surface area contributed by atoms with E-state index in [0.29, 0.717) is 13.1 Å². The van der Waals surface area contributed by atoms with Gasteiger partial charge in [-0.15, -0.1) is 12.4 Å². The normalized spacial score (nSPS) is 9.20. The number of amides is 1. The molecule has 0 aliphatic heterocycles. The zero-order valence-electron chi connectivity index (χ0n) is 8.40.